The molecule has 0 bridgehead atoms. The van der Waals surface area contributed by atoms with Gasteiger partial charge in [-0.1, -0.05) is 39.8 Å². The number of ether oxygens (including phenoxy) is 2. The average Bonchev–Trinajstić information content (AvgIpc) is 2.43. The first-order valence-corrected chi connectivity index (χ1v) is 7.42. The maximum atomic E-state index is 11.8. The van der Waals surface area contributed by atoms with Crippen LogP contribution in [0.2, 0.25) is 0 Å². The van der Waals surface area contributed by atoms with Crippen LogP contribution in [0.1, 0.15) is 44.7 Å². The van der Waals surface area contributed by atoms with Crippen molar-refractivity contribution in [2.75, 3.05) is 13.7 Å². The van der Waals surface area contributed by atoms with Gasteiger partial charge in [0.15, 0.2) is 0 Å². The Labute approximate surface area is 127 Å². The molecule has 4 nitrogen and oxygen atoms in total. The molecule has 4 heteroatoms. The van der Waals surface area contributed by atoms with Crippen molar-refractivity contribution in [1.82, 2.24) is 5.32 Å². The number of methoxy groups -OCH3 is 1. The van der Waals surface area contributed by atoms with Gasteiger partial charge in [0.25, 0.3) is 0 Å². The molecule has 1 unspecified atom stereocenters. The summed E-state index contributed by atoms with van der Waals surface area (Å²) >= 11 is 0. The van der Waals surface area contributed by atoms with Crippen LogP contribution in [0, 0.1) is 6.92 Å². The second-order valence-electron chi connectivity index (χ2n) is 5.89. The van der Waals surface area contributed by atoms with Crippen LogP contribution in [-0.2, 0) is 9.53 Å². The molecule has 1 aromatic carbocycles. The maximum absolute atomic E-state index is 11.8. The number of nitrogens with one attached hydrogen (secondary N) is 1. The van der Waals surface area contributed by atoms with Gasteiger partial charge in [-0.05, 0) is 30.0 Å². The first-order chi connectivity index (χ1) is 9.85. The molecule has 0 aliphatic heterocycles. The third kappa shape index (κ3) is 5.38. The van der Waals surface area contributed by atoms with Crippen molar-refractivity contribution in [1.29, 1.82) is 0 Å². The molecule has 0 aliphatic rings. The molecular formula is C17H27NO3. The minimum Gasteiger partial charge on any atom is -0.491 e. The fourth-order valence-corrected chi connectivity index (χ4v) is 2.03. The summed E-state index contributed by atoms with van der Waals surface area (Å²) in [6.45, 7) is 10.5. The van der Waals surface area contributed by atoms with E-state index in [0.717, 1.165) is 11.3 Å². The lowest BCUT2D eigenvalue weighted by Gasteiger charge is -2.20. The monoisotopic (exact) mass is 293 g/mol. The summed E-state index contributed by atoms with van der Waals surface area (Å²) in [6.07, 6.45) is 0. The van der Waals surface area contributed by atoms with Crippen LogP contribution in [0.25, 0.3) is 0 Å². The van der Waals surface area contributed by atoms with E-state index in [4.69, 9.17) is 9.47 Å². The number of hydrogen-bond donors (Lipinski definition) is 1. The van der Waals surface area contributed by atoms with Crippen LogP contribution in [0.5, 0.6) is 5.75 Å². The first-order valence-electron chi connectivity index (χ1n) is 7.42. The molecule has 1 atom stereocenters. The van der Waals surface area contributed by atoms with Gasteiger partial charge in [-0.2, -0.15) is 0 Å². The summed E-state index contributed by atoms with van der Waals surface area (Å²) in [5.41, 5.74) is 2.29. The molecule has 0 fully saturated rings. The van der Waals surface area contributed by atoms with E-state index in [1.165, 1.54) is 12.7 Å². The smallest absolute Gasteiger partial charge is 0.326 e. The van der Waals surface area contributed by atoms with Crippen molar-refractivity contribution >= 4 is 5.97 Å². The Morgan fingerprint density at radius 3 is 2.43 bits per heavy atom. The van der Waals surface area contributed by atoms with Gasteiger partial charge in [-0.25, -0.2) is 0 Å². The number of esters is 1. The molecule has 1 aromatic rings. The zero-order chi connectivity index (χ0) is 16.0. The Bertz CT molecular complexity index is 469. The quantitative estimate of drug-likeness (QED) is 0.785. The van der Waals surface area contributed by atoms with E-state index in [9.17, 15) is 4.79 Å². The van der Waals surface area contributed by atoms with Crippen molar-refractivity contribution in [2.24, 2.45) is 0 Å². The molecule has 1 N–H and O–H groups in total. The summed E-state index contributed by atoms with van der Waals surface area (Å²) in [5.74, 6) is 0.958. The van der Waals surface area contributed by atoms with Gasteiger partial charge >= 0.3 is 5.97 Å². The van der Waals surface area contributed by atoms with Gasteiger partial charge in [0.2, 0.25) is 0 Å². The lowest BCUT2D eigenvalue weighted by molar-refractivity contribution is -0.144. The molecule has 0 spiro atoms. The SMILES string of the molecule is COC(=O)C(COc1cc(C(C)C)ccc1C)NC(C)C. The molecule has 0 radical (unpaired) electrons. The third-order valence-electron chi connectivity index (χ3n) is 3.30. The normalized spacial score (nSPS) is 12.6. The lowest BCUT2D eigenvalue weighted by Crippen LogP contribution is -2.45. The number of carbonyl (C=O) groups is 1. The van der Waals surface area contributed by atoms with Crippen LogP contribution in [0.4, 0.5) is 0 Å². The van der Waals surface area contributed by atoms with Crippen molar-refractivity contribution < 1.29 is 14.3 Å². The summed E-state index contributed by atoms with van der Waals surface area (Å²) in [6, 6.07) is 5.92. The third-order valence-corrected chi connectivity index (χ3v) is 3.30. The lowest BCUT2D eigenvalue weighted by atomic mass is 10.0. The highest BCUT2D eigenvalue weighted by Gasteiger charge is 2.21. The molecule has 0 saturated carbocycles. The van der Waals surface area contributed by atoms with Crippen LogP contribution in [-0.4, -0.2) is 31.8 Å². The van der Waals surface area contributed by atoms with E-state index < -0.39 is 6.04 Å². The summed E-state index contributed by atoms with van der Waals surface area (Å²) in [7, 11) is 1.39. The highest BCUT2D eigenvalue weighted by Crippen LogP contribution is 2.24. The van der Waals surface area contributed by atoms with E-state index in [1.54, 1.807) is 0 Å². The van der Waals surface area contributed by atoms with E-state index in [1.807, 2.05) is 32.9 Å². The second kappa shape index (κ2) is 8.03. The summed E-state index contributed by atoms with van der Waals surface area (Å²) < 4.78 is 10.7. The highest BCUT2D eigenvalue weighted by molar-refractivity contribution is 5.75. The largest absolute Gasteiger partial charge is 0.491 e. The summed E-state index contributed by atoms with van der Waals surface area (Å²) in [4.78, 5) is 11.8. The van der Waals surface area contributed by atoms with Crippen LogP contribution < -0.4 is 10.1 Å². The molecule has 0 saturated heterocycles. The van der Waals surface area contributed by atoms with Crippen molar-refractivity contribution in [3.8, 4) is 5.75 Å². The maximum Gasteiger partial charge on any atom is 0.326 e. The Kier molecular flexibility index (Phi) is 6.69. The molecule has 21 heavy (non-hydrogen) atoms. The fraction of sp³-hybridized carbons (Fsp3) is 0.588. The second-order valence-corrected chi connectivity index (χ2v) is 5.89. The standard InChI is InChI=1S/C17H27NO3/c1-11(2)14-8-7-13(5)16(9-14)21-10-15(17(19)20-6)18-12(3)4/h7-9,11-12,15,18H,10H2,1-6H3. The first kappa shape index (κ1) is 17.5. The fourth-order valence-electron chi connectivity index (χ4n) is 2.03. The zero-order valence-electron chi connectivity index (χ0n) is 13.9. The van der Waals surface area contributed by atoms with Crippen LogP contribution in [0.15, 0.2) is 18.2 Å². The Balaban J connectivity index is 2.79. The molecule has 1 rings (SSSR count). The van der Waals surface area contributed by atoms with Gasteiger partial charge < -0.3 is 9.47 Å². The van der Waals surface area contributed by atoms with E-state index >= 15 is 0 Å². The van der Waals surface area contributed by atoms with Crippen molar-refractivity contribution in [2.45, 2.75) is 52.6 Å². The average molecular weight is 293 g/mol. The molecule has 0 aromatic heterocycles. The van der Waals surface area contributed by atoms with Crippen molar-refractivity contribution in [3.05, 3.63) is 29.3 Å². The minimum atomic E-state index is -0.461. The van der Waals surface area contributed by atoms with E-state index in [0.29, 0.717) is 5.92 Å². The van der Waals surface area contributed by atoms with Gasteiger partial charge in [-0.3, -0.25) is 10.1 Å². The Morgan fingerprint density at radius 1 is 1.24 bits per heavy atom. The molecule has 0 amide bonds. The van der Waals surface area contributed by atoms with Gasteiger partial charge in [-0.15, -0.1) is 0 Å². The molecule has 0 heterocycles. The zero-order valence-corrected chi connectivity index (χ0v) is 13.9. The minimum absolute atomic E-state index is 0.181. The van der Waals surface area contributed by atoms with Crippen molar-refractivity contribution in [3.63, 3.8) is 0 Å². The van der Waals surface area contributed by atoms with E-state index in [-0.39, 0.29) is 18.6 Å². The number of benzene rings is 1. The predicted octanol–water partition coefficient (Wildman–Crippen LogP) is 3.04. The van der Waals surface area contributed by atoms with Gasteiger partial charge in [0.1, 0.15) is 18.4 Å². The number of rotatable bonds is 7. The van der Waals surface area contributed by atoms with E-state index in [2.05, 4.69) is 25.2 Å². The molecular weight excluding hydrogens is 266 g/mol. The Hall–Kier alpha value is -1.55. The molecule has 118 valence electrons. The number of carbonyl (C=O) groups excluding carboxylic acids is 1. The predicted molar refractivity (Wildman–Crippen MR) is 84.8 cm³/mol. The van der Waals surface area contributed by atoms with Gasteiger partial charge in [0, 0.05) is 6.04 Å². The van der Waals surface area contributed by atoms with Gasteiger partial charge in [0.05, 0.1) is 7.11 Å². The van der Waals surface area contributed by atoms with Crippen LogP contribution >= 0.6 is 0 Å². The molecule has 0 aliphatic carbocycles. The number of hydrogen-bond acceptors (Lipinski definition) is 4. The Morgan fingerprint density at radius 2 is 1.90 bits per heavy atom. The number of aryl methyl sites for hydroxylation is 1. The summed E-state index contributed by atoms with van der Waals surface area (Å²) in [5, 5.41) is 3.16. The van der Waals surface area contributed by atoms with Crippen LogP contribution in [0.3, 0.4) is 0 Å². The topological polar surface area (TPSA) is 47.6 Å². The highest BCUT2D eigenvalue weighted by atomic mass is 16.5.